The van der Waals surface area contributed by atoms with Crippen molar-refractivity contribution in [2.45, 2.75) is 180 Å². The minimum Gasteiger partial charge on any atom is -0.387 e. The Morgan fingerprint density at radius 3 is 1.57 bits per heavy atom. The fourth-order valence-electron chi connectivity index (χ4n) is 5.06. The van der Waals surface area contributed by atoms with Gasteiger partial charge in [-0.1, -0.05) is 154 Å². The van der Waals surface area contributed by atoms with E-state index in [0.29, 0.717) is 12.8 Å². The van der Waals surface area contributed by atoms with Crippen molar-refractivity contribution in [1.29, 1.82) is 0 Å². The van der Waals surface area contributed by atoms with Gasteiger partial charge in [0.25, 0.3) is 10.1 Å². The van der Waals surface area contributed by atoms with Gasteiger partial charge in [0.05, 0.1) is 17.9 Å². The summed E-state index contributed by atoms with van der Waals surface area (Å²) in [5.74, 6) is -1.55. The van der Waals surface area contributed by atoms with Crippen LogP contribution in [0.15, 0.2) is 24.3 Å². The number of unbranched alkanes of at least 4 members (excludes halogenated alkanes) is 19. The number of nitrogens with one attached hydrogen (secondary N) is 1. The quantitative estimate of drug-likeness (QED) is 0.0367. The predicted molar refractivity (Wildman–Crippen MR) is 176 cm³/mol. The third-order valence-electron chi connectivity index (χ3n) is 7.74. The first kappa shape index (κ1) is 40.8. The van der Waals surface area contributed by atoms with Crippen molar-refractivity contribution in [3.63, 3.8) is 0 Å². The highest BCUT2D eigenvalue weighted by molar-refractivity contribution is 7.85. The van der Waals surface area contributed by atoms with Crippen molar-refractivity contribution in [3.8, 4) is 0 Å². The van der Waals surface area contributed by atoms with Crippen LogP contribution in [0.1, 0.15) is 162 Å². The second-order valence-electron chi connectivity index (χ2n) is 11.9. The average Bonchev–Trinajstić information content (AvgIpc) is 2.94. The highest BCUT2D eigenvalue weighted by Crippen LogP contribution is 2.14. The summed E-state index contributed by atoms with van der Waals surface area (Å²) >= 11 is 0. The molecule has 0 fully saturated rings. The molecule has 4 N–H and O–H groups in total. The van der Waals surface area contributed by atoms with Gasteiger partial charge in [0, 0.05) is 0 Å². The Kier molecular flexibility index (Phi) is 27.7. The highest BCUT2D eigenvalue weighted by Gasteiger charge is 2.27. The average molecular weight is 616 g/mol. The fourth-order valence-corrected chi connectivity index (χ4v) is 5.79. The van der Waals surface area contributed by atoms with E-state index in [1.165, 1.54) is 102 Å². The van der Waals surface area contributed by atoms with Crippen LogP contribution in [0, 0.1) is 0 Å². The summed E-state index contributed by atoms with van der Waals surface area (Å²) in [4.78, 5) is 12.5. The highest BCUT2D eigenvalue weighted by atomic mass is 32.2. The van der Waals surface area contributed by atoms with Crippen molar-refractivity contribution in [3.05, 3.63) is 24.3 Å². The van der Waals surface area contributed by atoms with Crippen molar-refractivity contribution in [2.75, 3.05) is 5.75 Å². The van der Waals surface area contributed by atoms with Crippen LogP contribution in [0.2, 0.25) is 0 Å². The van der Waals surface area contributed by atoms with Crippen LogP contribution < -0.4 is 5.32 Å². The minimum absolute atomic E-state index is 0.277. The predicted octanol–water partition coefficient (Wildman–Crippen LogP) is 8.21. The standard InChI is InChI=1S/C34H65NO6S/c1-3-5-7-9-11-13-15-16-17-19-21-23-25-27-29-33(37)34(38)35-31(30-42(39,40)41)32(36)28-26-24-22-20-18-14-12-10-8-6-4-2/h18,20,26,28,31-33,36-37H,3-17,19,21-25,27,29-30H2,1-2H3,(H,35,38)(H,39,40,41)/b20-18+,28-26+. The van der Waals surface area contributed by atoms with E-state index in [4.69, 9.17) is 0 Å². The van der Waals surface area contributed by atoms with Crippen molar-refractivity contribution in [2.24, 2.45) is 0 Å². The van der Waals surface area contributed by atoms with Crippen molar-refractivity contribution < 1.29 is 28.0 Å². The van der Waals surface area contributed by atoms with Crippen LogP contribution in [0.3, 0.4) is 0 Å². The third-order valence-corrected chi connectivity index (χ3v) is 8.52. The van der Waals surface area contributed by atoms with Gasteiger partial charge in [-0.2, -0.15) is 8.42 Å². The molecule has 1 amide bonds. The smallest absolute Gasteiger partial charge is 0.267 e. The Bertz CT molecular complexity index is 783. The number of rotatable bonds is 30. The molecule has 0 rings (SSSR count). The SMILES string of the molecule is CCCCCCC/C=C/CC/C=C/C(O)C(CS(=O)(=O)O)NC(=O)C(O)CCCCCCCCCCCCCCCC. The molecular formula is C34H65NO6S. The summed E-state index contributed by atoms with van der Waals surface area (Å²) in [6.45, 7) is 4.45. The Labute approximate surface area is 258 Å². The van der Waals surface area contributed by atoms with E-state index in [9.17, 15) is 28.0 Å². The lowest BCUT2D eigenvalue weighted by molar-refractivity contribution is -0.130. The Morgan fingerprint density at radius 1 is 0.643 bits per heavy atom. The molecule has 3 atom stereocenters. The Balaban J connectivity index is 4.18. The van der Waals surface area contributed by atoms with E-state index in [1.807, 2.05) is 0 Å². The van der Waals surface area contributed by atoms with Gasteiger partial charge in [-0.25, -0.2) is 0 Å². The summed E-state index contributed by atoms with van der Waals surface area (Å²) in [5.41, 5.74) is 0. The molecule has 0 saturated carbocycles. The maximum atomic E-state index is 12.5. The Hall–Kier alpha value is -1.22. The lowest BCUT2D eigenvalue weighted by atomic mass is 10.0. The molecule has 3 unspecified atom stereocenters. The van der Waals surface area contributed by atoms with Crippen LogP contribution in [-0.2, 0) is 14.9 Å². The molecule has 8 heteroatoms. The lowest BCUT2D eigenvalue weighted by Gasteiger charge is -2.22. The normalized spacial score (nSPS) is 14.5. The molecule has 0 aliphatic carbocycles. The molecule has 0 spiro atoms. The van der Waals surface area contributed by atoms with Gasteiger partial charge in [0.15, 0.2) is 0 Å². The molecule has 0 saturated heterocycles. The molecular weight excluding hydrogens is 550 g/mol. The minimum atomic E-state index is -4.44. The number of hydrogen-bond acceptors (Lipinski definition) is 5. The van der Waals surface area contributed by atoms with Gasteiger partial charge in [-0.05, 0) is 32.1 Å². The summed E-state index contributed by atoms with van der Waals surface area (Å²) in [6.07, 6.45) is 30.9. The first-order chi connectivity index (χ1) is 20.2. The molecule has 42 heavy (non-hydrogen) atoms. The molecule has 0 heterocycles. The molecule has 0 aliphatic heterocycles. The van der Waals surface area contributed by atoms with E-state index >= 15 is 0 Å². The number of carbonyl (C=O) groups excluding carboxylic acids is 1. The molecule has 248 valence electrons. The lowest BCUT2D eigenvalue weighted by Crippen LogP contribution is -2.50. The largest absolute Gasteiger partial charge is 0.387 e. The van der Waals surface area contributed by atoms with Crippen LogP contribution in [-0.4, -0.2) is 53.1 Å². The topological polar surface area (TPSA) is 124 Å². The molecule has 0 aromatic heterocycles. The zero-order valence-electron chi connectivity index (χ0n) is 27.0. The first-order valence-electron chi connectivity index (χ1n) is 17.1. The Morgan fingerprint density at radius 2 is 1.07 bits per heavy atom. The number of hydrogen-bond donors (Lipinski definition) is 4. The monoisotopic (exact) mass is 615 g/mol. The van der Waals surface area contributed by atoms with Gasteiger partial charge >= 0.3 is 0 Å². The zero-order chi connectivity index (χ0) is 31.3. The van der Waals surface area contributed by atoms with E-state index in [-0.39, 0.29) is 6.42 Å². The summed E-state index contributed by atoms with van der Waals surface area (Å²) in [7, 11) is -4.44. The van der Waals surface area contributed by atoms with Crippen LogP contribution in [0.25, 0.3) is 0 Å². The van der Waals surface area contributed by atoms with Crippen LogP contribution >= 0.6 is 0 Å². The van der Waals surface area contributed by atoms with Gasteiger partial charge in [0.2, 0.25) is 5.91 Å². The van der Waals surface area contributed by atoms with Crippen molar-refractivity contribution in [1.82, 2.24) is 5.32 Å². The van der Waals surface area contributed by atoms with E-state index in [2.05, 4.69) is 31.3 Å². The molecule has 7 nitrogen and oxygen atoms in total. The van der Waals surface area contributed by atoms with Crippen LogP contribution in [0.5, 0.6) is 0 Å². The summed E-state index contributed by atoms with van der Waals surface area (Å²) in [6, 6.07) is -1.24. The van der Waals surface area contributed by atoms with Gasteiger partial charge in [-0.15, -0.1) is 0 Å². The van der Waals surface area contributed by atoms with E-state index in [1.54, 1.807) is 6.08 Å². The van der Waals surface area contributed by atoms with Gasteiger partial charge in [-0.3, -0.25) is 9.35 Å². The van der Waals surface area contributed by atoms with Crippen LogP contribution in [0.4, 0.5) is 0 Å². The number of carbonyl (C=O) groups is 1. The second kappa shape index (κ2) is 28.5. The summed E-state index contributed by atoms with van der Waals surface area (Å²) < 4.78 is 32.3. The fraction of sp³-hybridized carbons (Fsp3) is 0.853. The maximum absolute atomic E-state index is 12.5. The molecule has 0 aliphatic rings. The number of aliphatic hydroxyl groups excluding tert-OH is 2. The van der Waals surface area contributed by atoms with E-state index in [0.717, 1.165) is 32.1 Å². The maximum Gasteiger partial charge on any atom is 0.267 e. The molecule has 0 aromatic rings. The van der Waals surface area contributed by atoms with Crippen molar-refractivity contribution >= 4 is 16.0 Å². The van der Waals surface area contributed by atoms with E-state index < -0.39 is 40.0 Å². The number of aliphatic hydroxyl groups is 2. The van der Waals surface area contributed by atoms with Gasteiger partial charge in [0.1, 0.15) is 6.10 Å². The number of allylic oxidation sites excluding steroid dienone is 3. The molecule has 0 bridgehead atoms. The first-order valence-corrected chi connectivity index (χ1v) is 18.8. The summed E-state index contributed by atoms with van der Waals surface area (Å²) in [5, 5.41) is 23.2. The number of amides is 1. The zero-order valence-corrected chi connectivity index (χ0v) is 27.8. The second-order valence-corrected chi connectivity index (χ2v) is 13.4. The molecule has 0 aromatic carbocycles. The third kappa shape index (κ3) is 27.6. The van der Waals surface area contributed by atoms with Gasteiger partial charge < -0.3 is 15.5 Å². The molecule has 0 radical (unpaired) electrons.